The van der Waals surface area contributed by atoms with Gasteiger partial charge in [0.25, 0.3) is 5.91 Å². The van der Waals surface area contributed by atoms with Crippen LogP contribution >= 0.6 is 0 Å². The number of carbonyl (C=O) groups is 1. The Morgan fingerprint density at radius 1 is 1.40 bits per heavy atom. The fourth-order valence-corrected chi connectivity index (χ4v) is 1.52. The van der Waals surface area contributed by atoms with E-state index in [2.05, 4.69) is 17.2 Å². The van der Waals surface area contributed by atoms with Gasteiger partial charge in [0, 0.05) is 24.8 Å². The quantitative estimate of drug-likeness (QED) is 0.827. The number of rotatable bonds is 4. The van der Waals surface area contributed by atoms with Crippen LogP contribution in [-0.4, -0.2) is 30.3 Å². The SMILES string of the molecule is COC(C)(C)C(=O)Nc1cc(C)cc(C#CCCO)c1. The first-order chi connectivity index (χ1) is 9.39. The van der Waals surface area contributed by atoms with E-state index in [1.54, 1.807) is 19.9 Å². The summed E-state index contributed by atoms with van der Waals surface area (Å²) in [7, 11) is 1.50. The maximum atomic E-state index is 12.0. The number of carbonyl (C=O) groups excluding carboxylic acids is 1. The fraction of sp³-hybridized carbons (Fsp3) is 0.438. The first-order valence-electron chi connectivity index (χ1n) is 6.47. The van der Waals surface area contributed by atoms with Crippen LogP contribution in [-0.2, 0) is 9.53 Å². The maximum Gasteiger partial charge on any atom is 0.256 e. The molecule has 0 aliphatic rings. The number of hydrogen-bond donors (Lipinski definition) is 2. The van der Waals surface area contributed by atoms with Gasteiger partial charge in [0.1, 0.15) is 5.60 Å². The standard InChI is InChI=1S/C16H21NO3/c1-12-9-13(7-5-6-8-18)11-14(10-12)17-15(19)16(2,3)20-4/h9-11,18H,6,8H2,1-4H3,(H,17,19). The van der Waals surface area contributed by atoms with E-state index in [1.807, 2.05) is 19.1 Å². The van der Waals surface area contributed by atoms with E-state index in [9.17, 15) is 4.79 Å². The minimum absolute atomic E-state index is 0.0461. The zero-order valence-electron chi connectivity index (χ0n) is 12.4. The molecule has 1 aromatic rings. The van der Waals surface area contributed by atoms with Gasteiger partial charge in [-0.2, -0.15) is 0 Å². The minimum atomic E-state index is -0.882. The van der Waals surface area contributed by atoms with Crippen molar-refractivity contribution in [3.05, 3.63) is 29.3 Å². The van der Waals surface area contributed by atoms with Gasteiger partial charge in [-0.1, -0.05) is 11.8 Å². The molecule has 1 rings (SSSR count). The molecule has 0 heterocycles. The molecule has 2 N–H and O–H groups in total. The van der Waals surface area contributed by atoms with Crippen molar-refractivity contribution in [2.24, 2.45) is 0 Å². The number of ether oxygens (including phenoxy) is 1. The van der Waals surface area contributed by atoms with Gasteiger partial charge in [-0.3, -0.25) is 4.79 Å². The summed E-state index contributed by atoms with van der Waals surface area (Å²) in [5, 5.41) is 11.5. The molecule has 1 aromatic carbocycles. The number of anilines is 1. The van der Waals surface area contributed by atoms with Crippen molar-refractivity contribution < 1.29 is 14.6 Å². The lowest BCUT2D eigenvalue weighted by atomic mass is 10.1. The predicted octanol–water partition coefficient (Wildman–Crippen LogP) is 2.09. The van der Waals surface area contributed by atoms with E-state index in [0.717, 1.165) is 11.1 Å². The highest BCUT2D eigenvalue weighted by atomic mass is 16.5. The number of benzene rings is 1. The highest BCUT2D eigenvalue weighted by Gasteiger charge is 2.26. The number of aryl methyl sites for hydroxylation is 1. The lowest BCUT2D eigenvalue weighted by molar-refractivity contribution is -0.133. The summed E-state index contributed by atoms with van der Waals surface area (Å²) in [6, 6.07) is 5.61. The zero-order valence-corrected chi connectivity index (χ0v) is 12.4. The van der Waals surface area contributed by atoms with Crippen molar-refractivity contribution in [1.29, 1.82) is 0 Å². The summed E-state index contributed by atoms with van der Waals surface area (Å²) < 4.78 is 5.14. The third-order valence-corrected chi connectivity index (χ3v) is 2.86. The summed E-state index contributed by atoms with van der Waals surface area (Å²) in [4.78, 5) is 12.0. The highest BCUT2D eigenvalue weighted by molar-refractivity contribution is 5.96. The average molecular weight is 275 g/mol. The van der Waals surface area contributed by atoms with E-state index in [0.29, 0.717) is 12.1 Å². The van der Waals surface area contributed by atoms with E-state index in [-0.39, 0.29) is 12.5 Å². The maximum absolute atomic E-state index is 12.0. The van der Waals surface area contributed by atoms with Gasteiger partial charge in [0.2, 0.25) is 0 Å². The number of aliphatic hydroxyl groups excluding tert-OH is 1. The monoisotopic (exact) mass is 275 g/mol. The number of aliphatic hydroxyl groups is 1. The highest BCUT2D eigenvalue weighted by Crippen LogP contribution is 2.17. The Hall–Kier alpha value is -1.83. The number of methoxy groups -OCH3 is 1. The van der Waals surface area contributed by atoms with E-state index < -0.39 is 5.60 Å². The summed E-state index contributed by atoms with van der Waals surface area (Å²) in [6.45, 7) is 5.40. The Morgan fingerprint density at radius 3 is 2.70 bits per heavy atom. The lowest BCUT2D eigenvalue weighted by Crippen LogP contribution is -2.38. The Morgan fingerprint density at radius 2 is 2.10 bits per heavy atom. The molecular formula is C16H21NO3. The topological polar surface area (TPSA) is 58.6 Å². The molecule has 20 heavy (non-hydrogen) atoms. The Kier molecular flexibility index (Phi) is 5.75. The first kappa shape index (κ1) is 16.2. The molecular weight excluding hydrogens is 254 g/mol. The predicted molar refractivity (Wildman–Crippen MR) is 79.5 cm³/mol. The summed E-state index contributed by atoms with van der Waals surface area (Å²) in [5.74, 6) is 5.61. The molecule has 0 aliphatic carbocycles. The number of nitrogens with one attached hydrogen (secondary N) is 1. The summed E-state index contributed by atoms with van der Waals surface area (Å²) >= 11 is 0. The van der Waals surface area contributed by atoms with Gasteiger partial charge in [-0.15, -0.1) is 0 Å². The Bertz CT molecular complexity index is 538. The molecule has 0 saturated carbocycles. The van der Waals surface area contributed by atoms with Gasteiger partial charge in [-0.05, 0) is 44.5 Å². The van der Waals surface area contributed by atoms with Crippen LogP contribution in [0, 0.1) is 18.8 Å². The van der Waals surface area contributed by atoms with Gasteiger partial charge in [0.05, 0.1) is 6.61 Å². The second-order valence-electron chi connectivity index (χ2n) is 5.03. The lowest BCUT2D eigenvalue weighted by Gasteiger charge is -2.21. The third kappa shape index (κ3) is 4.69. The molecule has 0 aromatic heterocycles. The van der Waals surface area contributed by atoms with Crippen molar-refractivity contribution in [3.8, 4) is 11.8 Å². The third-order valence-electron chi connectivity index (χ3n) is 2.86. The van der Waals surface area contributed by atoms with Gasteiger partial charge < -0.3 is 15.2 Å². The van der Waals surface area contributed by atoms with Crippen molar-refractivity contribution in [2.45, 2.75) is 32.8 Å². The van der Waals surface area contributed by atoms with Crippen LogP contribution in [0.1, 0.15) is 31.4 Å². The van der Waals surface area contributed by atoms with Crippen LogP contribution in [0.2, 0.25) is 0 Å². The van der Waals surface area contributed by atoms with Crippen LogP contribution in [0.25, 0.3) is 0 Å². The molecule has 0 unspecified atom stereocenters. The van der Waals surface area contributed by atoms with Gasteiger partial charge >= 0.3 is 0 Å². The number of amides is 1. The van der Waals surface area contributed by atoms with Crippen LogP contribution < -0.4 is 5.32 Å². The van der Waals surface area contributed by atoms with Gasteiger partial charge in [0.15, 0.2) is 0 Å². The van der Waals surface area contributed by atoms with Crippen molar-refractivity contribution >= 4 is 11.6 Å². The Labute approximate surface area is 120 Å². The Balaban J connectivity index is 2.92. The molecule has 0 bridgehead atoms. The van der Waals surface area contributed by atoms with Crippen LogP contribution in [0.15, 0.2) is 18.2 Å². The largest absolute Gasteiger partial charge is 0.395 e. The molecule has 0 fully saturated rings. The zero-order chi connectivity index (χ0) is 15.2. The van der Waals surface area contributed by atoms with E-state index in [4.69, 9.17) is 9.84 Å². The average Bonchev–Trinajstić information content (AvgIpc) is 2.38. The van der Waals surface area contributed by atoms with Crippen LogP contribution in [0.5, 0.6) is 0 Å². The second-order valence-corrected chi connectivity index (χ2v) is 5.03. The van der Waals surface area contributed by atoms with E-state index in [1.165, 1.54) is 7.11 Å². The van der Waals surface area contributed by atoms with Crippen LogP contribution in [0.4, 0.5) is 5.69 Å². The fourth-order valence-electron chi connectivity index (χ4n) is 1.52. The molecule has 108 valence electrons. The van der Waals surface area contributed by atoms with Gasteiger partial charge in [-0.25, -0.2) is 0 Å². The molecule has 0 spiro atoms. The summed E-state index contributed by atoms with van der Waals surface area (Å²) in [6.07, 6.45) is 0.437. The molecule has 0 atom stereocenters. The summed E-state index contributed by atoms with van der Waals surface area (Å²) in [5.41, 5.74) is 1.62. The second kappa shape index (κ2) is 7.09. The van der Waals surface area contributed by atoms with Crippen LogP contribution in [0.3, 0.4) is 0 Å². The first-order valence-corrected chi connectivity index (χ1v) is 6.47. The molecule has 1 amide bonds. The molecule has 0 aliphatic heterocycles. The molecule has 4 heteroatoms. The molecule has 0 saturated heterocycles. The molecule has 0 radical (unpaired) electrons. The smallest absolute Gasteiger partial charge is 0.256 e. The van der Waals surface area contributed by atoms with Crippen molar-refractivity contribution in [2.75, 3.05) is 19.0 Å². The number of hydrogen-bond acceptors (Lipinski definition) is 3. The van der Waals surface area contributed by atoms with Crippen molar-refractivity contribution in [1.82, 2.24) is 0 Å². The van der Waals surface area contributed by atoms with E-state index >= 15 is 0 Å². The molecule has 4 nitrogen and oxygen atoms in total. The normalized spacial score (nSPS) is 10.7. The minimum Gasteiger partial charge on any atom is -0.395 e. The van der Waals surface area contributed by atoms with Crippen molar-refractivity contribution in [3.63, 3.8) is 0 Å².